The van der Waals surface area contributed by atoms with Crippen LogP contribution in [-0.4, -0.2) is 57.8 Å². The number of nitrogens with zero attached hydrogens (tertiary/aromatic N) is 3. The molecule has 108 valence electrons. The van der Waals surface area contributed by atoms with Gasteiger partial charge in [-0.05, 0) is 12.8 Å². The van der Waals surface area contributed by atoms with Gasteiger partial charge in [-0.3, -0.25) is 0 Å². The van der Waals surface area contributed by atoms with Crippen molar-refractivity contribution in [3.05, 3.63) is 18.1 Å². The lowest BCUT2D eigenvalue weighted by atomic mass is 9.98. The van der Waals surface area contributed by atoms with Gasteiger partial charge in [0.15, 0.2) is 5.69 Å². The molecule has 3 rings (SSSR count). The van der Waals surface area contributed by atoms with Crippen molar-refractivity contribution in [2.45, 2.75) is 17.6 Å². The number of ether oxygens (including phenoxy) is 1. The molecule has 0 saturated carbocycles. The largest absolute Gasteiger partial charge is 0.476 e. The van der Waals surface area contributed by atoms with E-state index in [0.29, 0.717) is 0 Å². The van der Waals surface area contributed by atoms with Gasteiger partial charge in [-0.25, -0.2) is 14.8 Å². The second-order valence-corrected chi connectivity index (χ2v) is 6.69. The number of thioether (sulfide) groups is 1. The van der Waals surface area contributed by atoms with Crippen molar-refractivity contribution in [1.29, 1.82) is 0 Å². The minimum Gasteiger partial charge on any atom is -0.476 e. The van der Waals surface area contributed by atoms with E-state index < -0.39 is 5.97 Å². The van der Waals surface area contributed by atoms with Gasteiger partial charge in [-0.2, -0.15) is 11.8 Å². The Hall–Kier alpha value is -1.34. The van der Waals surface area contributed by atoms with Crippen LogP contribution in [0.15, 0.2) is 12.4 Å². The van der Waals surface area contributed by atoms with E-state index in [9.17, 15) is 4.79 Å². The van der Waals surface area contributed by atoms with Crippen molar-refractivity contribution >= 4 is 23.5 Å². The van der Waals surface area contributed by atoms with E-state index in [4.69, 9.17) is 9.84 Å². The lowest BCUT2D eigenvalue weighted by Gasteiger charge is -2.44. The summed E-state index contributed by atoms with van der Waals surface area (Å²) in [6.45, 7) is 3.51. The van der Waals surface area contributed by atoms with E-state index in [1.54, 1.807) is 6.20 Å². The van der Waals surface area contributed by atoms with Crippen LogP contribution in [-0.2, 0) is 4.74 Å². The average Bonchev–Trinajstić information content (AvgIpc) is 2.48. The van der Waals surface area contributed by atoms with Crippen LogP contribution < -0.4 is 4.90 Å². The Morgan fingerprint density at radius 2 is 2.15 bits per heavy atom. The molecule has 1 N–H and O–H groups in total. The van der Waals surface area contributed by atoms with Crippen molar-refractivity contribution in [2.75, 3.05) is 37.0 Å². The van der Waals surface area contributed by atoms with Crippen LogP contribution in [0.5, 0.6) is 0 Å². The summed E-state index contributed by atoms with van der Waals surface area (Å²) in [5, 5.41) is 8.85. The summed E-state index contributed by atoms with van der Waals surface area (Å²) in [6, 6.07) is 0. The SMILES string of the molecule is O=C(O)c1cnc(N2CCSC3(CCOCC3)C2)cn1. The maximum absolute atomic E-state index is 10.8. The van der Waals surface area contributed by atoms with Crippen LogP contribution in [0, 0.1) is 0 Å². The number of aromatic carboxylic acids is 1. The van der Waals surface area contributed by atoms with Gasteiger partial charge >= 0.3 is 5.97 Å². The first-order chi connectivity index (χ1) is 9.69. The Labute approximate surface area is 121 Å². The molecule has 1 aromatic rings. The molecule has 0 radical (unpaired) electrons. The Morgan fingerprint density at radius 3 is 2.80 bits per heavy atom. The summed E-state index contributed by atoms with van der Waals surface area (Å²) in [6.07, 6.45) is 5.02. The van der Waals surface area contributed by atoms with E-state index in [2.05, 4.69) is 14.9 Å². The quantitative estimate of drug-likeness (QED) is 0.880. The second-order valence-electron chi connectivity index (χ2n) is 5.13. The number of anilines is 1. The van der Waals surface area contributed by atoms with E-state index in [-0.39, 0.29) is 10.4 Å². The molecule has 0 unspecified atom stereocenters. The molecular formula is C13H17N3O3S. The van der Waals surface area contributed by atoms with Crippen molar-refractivity contribution < 1.29 is 14.6 Å². The van der Waals surface area contributed by atoms with E-state index in [0.717, 1.165) is 50.7 Å². The fourth-order valence-electron chi connectivity index (χ4n) is 2.68. The highest BCUT2D eigenvalue weighted by Gasteiger charge is 2.38. The number of hydrogen-bond acceptors (Lipinski definition) is 6. The van der Waals surface area contributed by atoms with E-state index in [1.165, 1.54) is 6.20 Å². The molecule has 1 spiro atoms. The molecule has 0 bridgehead atoms. The highest BCUT2D eigenvalue weighted by atomic mass is 32.2. The number of aromatic nitrogens is 2. The third kappa shape index (κ3) is 2.73. The maximum Gasteiger partial charge on any atom is 0.356 e. The molecule has 2 saturated heterocycles. The molecule has 2 fully saturated rings. The Morgan fingerprint density at radius 1 is 1.35 bits per heavy atom. The van der Waals surface area contributed by atoms with Crippen LogP contribution in [0.2, 0.25) is 0 Å². The minimum absolute atomic E-state index is 0.0130. The number of carboxylic acid groups (broad SMARTS) is 1. The zero-order valence-electron chi connectivity index (χ0n) is 11.1. The van der Waals surface area contributed by atoms with Crippen molar-refractivity contribution in [3.63, 3.8) is 0 Å². The topological polar surface area (TPSA) is 75.5 Å². The average molecular weight is 295 g/mol. The molecule has 2 aliphatic rings. The lowest BCUT2D eigenvalue weighted by Crippen LogP contribution is -2.49. The summed E-state index contributed by atoms with van der Waals surface area (Å²) < 4.78 is 5.71. The van der Waals surface area contributed by atoms with Crippen molar-refractivity contribution in [2.24, 2.45) is 0 Å². The normalized spacial score (nSPS) is 21.9. The lowest BCUT2D eigenvalue weighted by molar-refractivity contribution is 0.0689. The fourth-order valence-corrected chi connectivity index (χ4v) is 4.13. The molecule has 2 aliphatic heterocycles. The van der Waals surface area contributed by atoms with Gasteiger partial charge in [0.2, 0.25) is 0 Å². The van der Waals surface area contributed by atoms with Gasteiger partial charge in [0.25, 0.3) is 0 Å². The molecule has 1 aromatic heterocycles. The highest BCUT2D eigenvalue weighted by molar-refractivity contribution is 8.00. The number of carboxylic acids is 1. The molecule has 3 heterocycles. The maximum atomic E-state index is 10.8. The molecular weight excluding hydrogens is 278 g/mol. The third-order valence-corrected chi connectivity index (χ3v) is 5.37. The van der Waals surface area contributed by atoms with Crippen LogP contribution in [0.25, 0.3) is 0 Å². The molecule has 0 aromatic carbocycles. The zero-order valence-corrected chi connectivity index (χ0v) is 11.9. The Balaban J connectivity index is 1.74. The Bertz CT molecular complexity index is 483. The van der Waals surface area contributed by atoms with Crippen LogP contribution in [0.4, 0.5) is 5.82 Å². The first-order valence-electron chi connectivity index (χ1n) is 6.71. The smallest absolute Gasteiger partial charge is 0.356 e. The van der Waals surface area contributed by atoms with Gasteiger partial charge in [0.1, 0.15) is 5.82 Å². The van der Waals surface area contributed by atoms with Crippen molar-refractivity contribution in [1.82, 2.24) is 9.97 Å². The molecule has 0 atom stereocenters. The molecule has 20 heavy (non-hydrogen) atoms. The van der Waals surface area contributed by atoms with Gasteiger partial charge in [-0.15, -0.1) is 0 Å². The van der Waals surface area contributed by atoms with E-state index in [1.807, 2.05) is 11.8 Å². The minimum atomic E-state index is -1.04. The highest BCUT2D eigenvalue weighted by Crippen LogP contribution is 2.39. The van der Waals surface area contributed by atoms with Crippen LogP contribution in [0.3, 0.4) is 0 Å². The van der Waals surface area contributed by atoms with Gasteiger partial charge in [0.05, 0.1) is 12.4 Å². The predicted molar refractivity (Wildman–Crippen MR) is 76.4 cm³/mol. The summed E-state index contributed by atoms with van der Waals surface area (Å²) in [5.41, 5.74) is -0.0130. The first-order valence-corrected chi connectivity index (χ1v) is 7.69. The molecule has 0 amide bonds. The zero-order chi connectivity index (χ0) is 14.0. The molecule has 7 heteroatoms. The summed E-state index contributed by atoms with van der Waals surface area (Å²) in [5.74, 6) is 0.780. The Kier molecular flexibility index (Phi) is 3.80. The number of hydrogen-bond donors (Lipinski definition) is 1. The first kappa shape index (κ1) is 13.6. The predicted octanol–water partition coefficient (Wildman–Crippen LogP) is 1.28. The van der Waals surface area contributed by atoms with E-state index >= 15 is 0 Å². The molecule has 6 nitrogen and oxygen atoms in total. The van der Waals surface area contributed by atoms with Crippen LogP contribution in [0.1, 0.15) is 23.3 Å². The second kappa shape index (κ2) is 5.57. The van der Waals surface area contributed by atoms with Gasteiger partial charge in [-0.1, -0.05) is 0 Å². The third-order valence-electron chi connectivity index (χ3n) is 3.83. The molecule has 0 aliphatic carbocycles. The van der Waals surface area contributed by atoms with Crippen LogP contribution >= 0.6 is 11.8 Å². The summed E-state index contributed by atoms with van der Waals surface area (Å²) >= 11 is 2.03. The fraction of sp³-hybridized carbons (Fsp3) is 0.615. The summed E-state index contributed by atoms with van der Waals surface area (Å²) in [7, 11) is 0. The van der Waals surface area contributed by atoms with Gasteiger partial charge in [0, 0.05) is 36.8 Å². The van der Waals surface area contributed by atoms with Crippen molar-refractivity contribution in [3.8, 4) is 0 Å². The summed E-state index contributed by atoms with van der Waals surface area (Å²) in [4.78, 5) is 21.2. The standard InChI is InChI=1S/C13H17N3O3S/c17-12(18)10-7-15-11(8-14-10)16-3-6-20-13(9-16)1-4-19-5-2-13/h7-8H,1-6,9H2,(H,17,18). The number of carbonyl (C=O) groups is 1. The van der Waals surface area contributed by atoms with Gasteiger partial charge < -0.3 is 14.7 Å². The monoisotopic (exact) mass is 295 g/mol. The number of rotatable bonds is 2.